The maximum absolute atomic E-state index is 14.1. The van der Waals surface area contributed by atoms with Crippen LogP contribution in [0.3, 0.4) is 0 Å². The Labute approximate surface area is 226 Å². The zero-order valence-corrected chi connectivity index (χ0v) is 22.6. The number of aromatic nitrogens is 1. The first-order chi connectivity index (χ1) is 17.3. The molecule has 13 heteroatoms. The summed E-state index contributed by atoms with van der Waals surface area (Å²) in [7, 11) is 0. The van der Waals surface area contributed by atoms with Crippen LogP contribution in [-0.4, -0.2) is 64.7 Å². The summed E-state index contributed by atoms with van der Waals surface area (Å²) in [5.74, 6) is -3.97. The van der Waals surface area contributed by atoms with Crippen LogP contribution in [0.15, 0.2) is 39.5 Å². The van der Waals surface area contributed by atoms with Gasteiger partial charge in [0.1, 0.15) is 0 Å². The van der Waals surface area contributed by atoms with E-state index >= 15 is 0 Å². The lowest BCUT2D eigenvalue weighted by Crippen LogP contribution is -2.46. The molecule has 2 aliphatic rings. The fourth-order valence-electron chi connectivity index (χ4n) is 4.56. The SMILES string of the molecule is O=C(c1cncc(Br)c1)N1CCC[C@@H](Nc2c(C(=O)N3CCC(F)(F)CC3)cc(Br)cc2C(F)(F)F)C1. The highest BCUT2D eigenvalue weighted by molar-refractivity contribution is 9.10. The van der Waals surface area contributed by atoms with Crippen LogP contribution in [0.2, 0.25) is 0 Å². The molecule has 2 aliphatic heterocycles. The van der Waals surface area contributed by atoms with Gasteiger partial charge in [-0.25, -0.2) is 8.78 Å². The third-order valence-corrected chi connectivity index (χ3v) is 7.32. The molecule has 2 fully saturated rings. The number of pyridine rings is 1. The van der Waals surface area contributed by atoms with Gasteiger partial charge in [0.15, 0.2) is 0 Å². The molecule has 3 heterocycles. The first-order valence-corrected chi connectivity index (χ1v) is 13.2. The number of nitrogens with one attached hydrogen (secondary N) is 1. The molecule has 0 spiro atoms. The second-order valence-electron chi connectivity index (χ2n) is 9.15. The quantitative estimate of drug-likeness (QED) is 0.399. The molecule has 1 aromatic carbocycles. The fraction of sp³-hybridized carbons (Fsp3) is 0.458. The summed E-state index contributed by atoms with van der Waals surface area (Å²) < 4.78 is 70.1. The summed E-state index contributed by atoms with van der Waals surface area (Å²) in [4.78, 5) is 32.9. The number of hydrogen-bond donors (Lipinski definition) is 1. The highest BCUT2D eigenvalue weighted by Gasteiger charge is 2.40. The van der Waals surface area contributed by atoms with Gasteiger partial charge in [0.25, 0.3) is 17.7 Å². The number of carbonyl (C=O) groups excluding carboxylic acids is 2. The van der Waals surface area contributed by atoms with Crippen molar-refractivity contribution in [2.75, 3.05) is 31.5 Å². The predicted octanol–water partition coefficient (Wildman–Crippen LogP) is 6.21. The van der Waals surface area contributed by atoms with Crippen molar-refractivity contribution in [3.63, 3.8) is 0 Å². The molecule has 0 radical (unpaired) electrons. The van der Waals surface area contributed by atoms with Crippen LogP contribution in [0.25, 0.3) is 0 Å². The smallest absolute Gasteiger partial charge is 0.379 e. The van der Waals surface area contributed by atoms with E-state index in [1.807, 2.05) is 0 Å². The third-order valence-electron chi connectivity index (χ3n) is 6.43. The van der Waals surface area contributed by atoms with Crippen LogP contribution < -0.4 is 5.32 Å². The van der Waals surface area contributed by atoms with Gasteiger partial charge in [-0.1, -0.05) is 15.9 Å². The highest BCUT2D eigenvalue weighted by Crippen LogP contribution is 2.40. The number of anilines is 1. The zero-order valence-electron chi connectivity index (χ0n) is 19.4. The monoisotopic (exact) mass is 652 g/mol. The molecular weight excluding hydrogens is 631 g/mol. The number of benzene rings is 1. The van der Waals surface area contributed by atoms with Gasteiger partial charge >= 0.3 is 6.18 Å². The minimum Gasteiger partial charge on any atom is -0.379 e. The Balaban J connectivity index is 1.62. The van der Waals surface area contributed by atoms with Crippen LogP contribution >= 0.6 is 31.9 Å². The number of carbonyl (C=O) groups is 2. The van der Waals surface area contributed by atoms with Gasteiger partial charge in [-0.05, 0) is 47.0 Å². The largest absolute Gasteiger partial charge is 0.418 e. The van der Waals surface area contributed by atoms with Crippen LogP contribution in [0, 0.1) is 0 Å². The summed E-state index contributed by atoms with van der Waals surface area (Å²) in [5.41, 5.74) is -1.38. The number of piperidine rings is 2. The van der Waals surface area contributed by atoms with E-state index in [1.54, 1.807) is 6.07 Å². The molecule has 6 nitrogen and oxygen atoms in total. The van der Waals surface area contributed by atoms with Crippen molar-refractivity contribution in [1.29, 1.82) is 0 Å². The Hall–Kier alpha value is -2.28. The molecule has 37 heavy (non-hydrogen) atoms. The van der Waals surface area contributed by atoms with Crippen LogP contribution in [0.1, 0.15) is 52.0 Å². The minimum absolute atomic E-state index is 0.0404. The molecule has 0 saturated carbocycles. The van der Waals surface area contributed by atoms with Crippen molar-refractivity contribution in [1.82, 2.24) is 14.8 Å². The number of halogens is 7. The third kappa shape index (κ3) is 6.60. The van der Waals surface area contributed by atoms with Gasteiger partial charge in [-0.2, -0.15) is 13.2 Å². The van der Waals surface area contributed by atoms with Crippen molar-refractivity contribution in [2.24, 2.45) is 0 Å². The van der Waals surface area contributed by atoms with E-state index in [2.05, 4.69) is 42.2 Å². The van der Waals surface area contributed by atoms with Gasteiger partial charge in [0.05, 0.1) is 22.4 Å². The Morgan fingerprint density at radius 3 is 2.32 bits per heavy atom. The molecule has 0 bridgehead atoms. The predicted molar refractivity (Wildman–Crippen MR) is 134 cm³/mol. The average molecular weight is 654 g/mol. The molecule has 0 aliphatic carbocycles. The van der Waals surface area contributed by atoms with Gasteiger partial charge in [-0.15, -0.1) is 0 Å². The minimum atomic E-state index is -4.79. The Morgan fingerprint density at radius 1 is 0.973 bits per heavy atom. The van der Waals surface area contributed by atoms with Crippen molar-refractivity contribution < 1.29 is 31.5 Å². The number of alkyl halides is 5. The first-order valence-electron chi connectivity index (χ1n) is 11.6. The maximum Gasteiger partial charge on any atom is 0.418 e. The summed E-state index contributed by atoms with van der Waals surface area (Å²) >= 11 is 6.32. The normalized spacial score (nSPS) is 20.0. The van der Waals surface area contributed by atoms with Crippen molar-refractivity contribution in [3.8, 4) is 0 Å². The molecule has 1 N–H and O–H groups in total. The molecule has 1 atom stereocenters. The van der Waals surface area contributed by atoms with Crippen LogP contribution in [0.4, 0.5) is 27.6 Å². The fourth-order valence-corrected chi connectivity index (χ4v) is 5.38. The van der Waals surface area contributed by atoms with Crippen molar-refractivity contribution in [2.45, 2.75) is 43.8 Å². The van der Waals surface area contributed by atoms with Crippen molar-refractivity contribution in [3.05, 3.63) is 56.2 Å². The highest BCUT2D eigenvalue weighted by atomic mass is 79.9. The van der Waals surface area contributed by atoms with E-state index in [1.165, 1.54) is 23.4 Å². The van der Waals surface area contributed by atoms with Gasteiger partial charge in [0.2, 0.25) is 0 Å². The first kappa shape index (κ1) is 27.7. The standard InChI is InChI=1S/C24H23Br2F5N4O2/c25-15-9-18(22(37)34-6-3-23(27,28)4-7-34)20(19(10-15)24(29,30)31)33-17-2-1-5-35(13-17)21(36)14-8-16(26)12-32-11-14/h8-12,17,33H,1-7,13H2/t17-/m1/s1. The van der Waals surface area contributed by atoms with Gasteiger partial charge in [-0.3, -0.25) is 14.6 Å². The molecular formula is C24H23Br2F5N4O2. The molecule has 4 rings (SSSR count). The molecule has 2 aromatic rings. The lowest BCUT2D eigenvalue weighted by Gasteiger charge is -2.36. The van der Waals surface area contributed by atoms with E-state index in [-0.39, 0.29) is 35.6 Å². The Bertz CT molecular complexity index is 1180. The summed E-state index contributed by atoms with van der Waals surface area (Å²) in [6.45, 7) is 0.0169. The van der Waals surface area contributed by atoms with E-state index in [4.69, 9.17) is 0 Å². The molecule has 2 amide bonds. The van der Waals surface area contributed by atoms with E-state index in [0.717, 1.165) is 11.0 Å². The number of nitrogens with zero attached hydrogens (tertiary/aromatic N) is 3. The van der Waals surface area contributed by atoms with Crippen molar-refractivity contribution >= 4 is 49.4 Å². The van der Waals surface area contributed by atoms with E-state index in [9.17, 15) is 31.5 Å². The Kier molecular flexibility index (Phi) is 8.13. The average Bonchev–Trinajstić information content (AvgIpc) is 2.83. The van der Waals surface area contributed by atoms with E-state index in [0.29, 0.717) is 29.4 Å². The van der Waals surface area contributed by atoms with Crippen LogP contribution in [-0.2, 0) is 6.18 Å². The number of likely N-dealkylation sites (tertiary alicyclic amines) is 2. The van der Waals surface area contributed by atoms with Gasteiger partial charge in [0, 0.05) is 66.4 Å². The summed E-state index contributed by atoms with van der Waals surface area (Å²) in [6, 6.07) is 3.19. The second-order valence-corrected chi connectivity index (χ2v) is 11.0. The molecule has 1 aromatic heterocycles. The van der Waals surface area contributed by atoms with Crippen LogP contribution in [0.5, 0.6) is 0 Å². The lowest BCUT2D eigenvalue weighted by molar-refractivity contribution is -0.137. The maximum atomic E-state index is 14.1. The lowest BCUT2D eigenvalue weighted by atomic mass is 9.99. The zero-order chi connectivity index (χ0) is 27.0. The molecule has 0 unspecified atom stereocenters. The summed E-state index contributed by atoms with van der Waals surface area (Å²) in [5, 5.41) is 2.88. The Morgan fingerprint density at radius 2 is 1.68 bits per heavy atom. The van der Waals surface area contributed by atoms with E-state index < -0.39 is 48.1 Å². The summed E-state index contributed by atoms with van der Waals surface area (Å²) in [6.07, 6.45) is -1.93. The topological polar surface area (TPSA) is 65.5 Å². The number of rotatable bonds is 4. The number of amides is 2. The second kappa shape index (κ2) is 10.8. The molecule has 200 valence electrons. The molecule has 2 saturated heterocycles. The number of hydrogen-bond acceptors (Lipinski definition) is 4. The van der Waals surface area contributed by atoms with Gasteiger partial charge < -0.3 is 15.1 Å².